The summed E-state index contributed by atoms with van der Waals surface area (Å²) in [5.41, 5.74) is 0.563. The largest absolute Gasteiger partial charge is 0.336 e. The van der Waals surface area contributed by atoms with Gasteiger partial charge in [0.1, 0.15) is 5.82 Å². The standard InChI is InChI=1S/C14H19FN2O/c1-3-16-8-9-17(10-11(16)2)14(18)12-4-6-13(15)7-5-12/h4-7,11H,3,8-10H2,1-2H3. The van der Waals surface area contributed by atoms with E-state index in [1.54, 1.807) is 12.1 Å². The minimum absolute atomic E-state index is 0.00222. The minimum Gasteiger partial charge on any atom is -0.336 e. The van der Waals surface area contributed by atoms with Crippen LogP contribution in [0.25, 0.3) is 0 Å². The second kappa shape index (κ2) is 5.48. The van der Waals surface area contributed by atoms with Crippen LogP contribution in [-0.2, 0) is 0 Å². The molecule has 1 aliphatic heterocycles. The van der Waals surface area contributed by atoms with Crippen molar-refractivity contribution in [1.29, 1.82) is 0 Å². The van der Waals surface area contributed by atoms with Gasteiger partial charge in [-0.2, -0.15) is 0 Å². The van der Waals surface area contributed by atoms with Crippen molar-refractivity contribution in [2.45, 2.75) is 19.9 Å². The summed E-state index contributed by atoms with van der Waals surface area (Å²) in [4.78, 5) is 16.4. The molecular weight excluding hydrogens is 231 g/mol. The highest BCUT2D eigenvalue weighted by molar-refractivity contribution is 5.94. The monoisotopic (exact) mass is 250 g/mol. The summed E-state index contributed by atoms with van der Waals surface area (Å²) in [6.07, 6.45) is 0. The van der Waals surface area contributed by atoms with E-state index in [1.165, 1.54) is 12.1 Å². The van der Waals surface area contributed by atoms with Crippen LogP contribution in [0.2, 0.25) is 0 Å². The number of piperazine rings is 1. The summed E-state index contributed by atoms with van der Waals surface area (Å²) in [5, 5.41) is 0. The van der Waals surface area contributed by atoms with Crippen molar-refractivity contribution in [2.75, 3.05) is 26.2 Å². The molecule has 2 rings (SSSR count). The predicted molar refractivity (Wildman–Crippen MR) is 69.0 cm³/mol. The third-order valence-corrected chi connectivity index (χ3v) is 3.55. The molecule has 1 amide bonds. The van der Waals surface area contributed by atoms with Crippen molar-refractivity contribution in [3.05, 3.63) is 35.6 Å². The van der Waals surface area contributed by atoms with E-state index in [2.05, 4.69) is 18.7 Å². The first kappa shape index (κ1) is 13.0. The first-order chi connectivity index (χ1) is 8.61. The van der Waals surface area contributed by atoms with Crippen LogP contribution in [0.1, 0.15) is 24.2 Å². The number of benzene rings is 1. The first-order valence-corrected chi connectivity index (χ1v) is 6.40. The van der Waals surface area contributed by atoms with Gasteiger partial charge in [0, 0.05) is 31.2 Å². The van der Waals surface area contributed by atoms with Gasteiger partial charge in [-0.25, -0.2) is 4.39 Å². The van der Waals surface area contributed by atoms with Gasteiger partial charge in [-0.3, -0.25) is 9.69 Å². The fraction of sp³-hybridized carbons (Fsp3) is 0.500. The van der Waals surface area contributed by atoms with Crippen molar-refractivity contribution < 1.29 is 9.18 Å². The van der Waals surface area contributed by atoms with Crippen LogP contribution in [-0.4, -0.2) is 47.9 Å². The van der Waals surface area contributed by atoms with Crippen LogP contribution in [0.4, 0.5) is 4.39 Å². The summed E-state index contributed by atoms with van der Waals surface area (Å²) in [5.74, 6) is -0.312. The van der Waals surface area contributed by atoms with Crippen LogP contribution in [0, 0.1) is 5.82 Å². The molecule has 1 fully saturated rings. The maximum Gasteiger partial charge on any atom is 0.253 e. The molecule has 0 bridgehead atoms. The van der Waals surface area contributed by atoms with E-state index in [-0.39, 0.29) is 11.7 Å². The Morgan fingerprint density at radius 1 is 1.33 bits per heavy atom. The van der Waals surface area contributed by atoms with Gasteiger partial charge in [0.15, 0.2) is 0 Å². The van der Waals surface area contributed by atoms with E-state index in [4.69, 9.17) is 0 Å². The van der Waals surface area contributed by atoms with Gasteiger partial charge in [-0.05, 0) is 37.7 Å². The lowest BCUT2D eigenvalue weighted by Gasteiger charge is -2.39. The molecular formula is C14H19FN2O. The zero-order chi connectivity index (χ0) is 13.1. The smallest absolute Gasteiger partial charge is 0.253 e. The van der Waals surface area contributed by atoms with E-state index >= 15 is 0 Å². The normalized spacial score (nSPS) is 21.1. The Kier molecular flexibility index (Phi) is 3.97. The summed E-state index contributed by atoms with van der Waals surface area (Å²) in [6, 6.07) is 6.15. The maximum absolute atomic E-state index is 12.8. The van der Waals surface area contributed by atoms with Crippen LogP contribution >= 0.6 is 0 Å². The Morgan fingerprint density at radius 3 is 2.56 bits per heavy atom. The highest BCUT2D eigenvalue weighted by atomic mass is 19.1. The molecule has 1 unspecified atom stereocenters. The molecule has 18 heavy (non-hydrogen) atoms. The van der Waals surface area contributed by atoms with E-state index in [9.17, 15) is 9.18 Å². The van der Waals surface area contributed by atoms with Gasteiger partial charge in [0.2, 0.25) is 0 Å². The third kappa shape index (κ3) is 2.70. The lowest BCUT2D eigenvalue weighted by molar-refractivity contribution is 0.0528. The number of hydrogen-bond acceptors (Lipinski definition) is 2. The van der Waals surface area contributed by atoms with Crippen molar-refractivity contribution in [3.63, 3.8) is 0 Å². The minimum atomic E-state index is -0.310. The highest BCUT2D eigenvalue weighted by Gasteiger charge is 2.26. The number of hydrogen-bond donors (Lipinski definition) is 0. The fourth-order valence-corrected chi connectivity index (χ4v) is 2.42. The van der Waals surface area contributed by atoms with E-state index in [0.29, 0.717) is 11.6 Å². The second-order valence-corrected chi connectivity index (χ2v) is 4.74. The average molecular weight is 250 g/mol. The molecule has 98 valence electrons. The van der Waals surface area contributed by atoms with Gasteiger partial charge in [-0.1, -0.05) is 6.92 Å². The van der Waals surface area contributed by atoms with Crippen molar-refractivity contribution in [2.24, 2.45) is 0 Å². The van der Waals surface area contributed by atoms with E-state index < -0.39 is 0 Å². The number of carbonyl (C=O) groups excluding carboxylic acids is 1. The SMILES string of the molecule is CCN1CCN(C(=O)c2ccc(F)cc2)CC1C. The van der Waals surface area contributed by atoms with Crippen molar-refractivity contribution >= 4 is 5.91 Å². The maximum atomic E-state index is 12.8. The van der Waals surface area contributed by atoms with Crippen LogP contribution in [0.15, 0.2) is 24.3 Å². The number of amides is 1. The average Bonchev–Trinajstić information content (AvgIpc) is 2.38. The van der Waals surface area contributed by atoms with Gasteiger partial charge in [0.25, 0.3) is 5.91 Å². The summed E-state index contributed by atoms with van der Waals surface area (Å²) < 4.78 is 12.8. The van der Waals surface area contributed by atoms with Gasteiger partial charge in [-0.15, -0.1) is 0 Å². The molecule has 4 heteroatoms. The topological polar surface area (TPSA) is 23.6 Å². The highest BCUT2D eigenvalue weighted by Crippen LogP contribution is 2.13. The molecule has 1 aliphatic rings. The Balaban J connectivity index is 2.04. The van der Waals surface area contributed by atoms with Gasteiger partial charge in [0.05, 0.1) is 0 Å². The first-order valence-electron chi connectivity index (χ1n) is 6.40. The number of halogens is 1. The molecule has 1 heterocycles. The summed E-state index contributed by atoms with van der Waals surface area (Å²) in [6.45, 7) is 7.67. The Bertz CT molecular complexity index is 418. The molecule has 0 radical (unpaired) electrons. The molecule has 0 spiro atoms. The van der Waals surface area contributed by atoms with Crippen molar-refractivity contribution in [1.82, 2.24) is 9.80 Å². The molecule has 0 aromatic heterocycles. The Hall–Kier alpha value is -1.42. The quantitative estimate of drug-likeness (QED) is 0.801. The molecule has 0 saturated carbocycles. The van der Waals surface area contributed by atoms with E-state index in [0.717, 1.165) is 26.2 Å². The fourth-order valence-electron chi connectivity index (χ4n) is 2.42. The van der Waals surface area contributed by atoms with E-state index in [1.807, 2.05) is 4.90 Å². The number of carbonyl (C=O) groups is 1. The zero-order valence-electron chi connectivity index (χ0n) is 10.9. The number of likely N-dealkylation sites (N-methyl/N-ethyl adjacent to an activating group) is 1. The van der Waals surface area contributed by atoms with Crippen LogP contribution in [0.5, 0.6) is 0 Å². The molecule has 0 aliphatic carbocycles. The summed E-state index contributed by atoms with van der Waals surface area (Å²) in [7, 11) is 0. The molecule has 0 N–H and O–H groups in total. The molecule has 1 saturated heterocycles. The molecule has 1 atom stereocenters. The molecule has 1 aromatic carbocycles. The Labute approximate surface area is 107 Å². The number of rotatable bonds is 2. The number of nitrogens with zero attached hydrogens (tertiary/aromatic N) is 2. The van der Waals surface area contributed by atoms with Crippen molar-refractivity contribution in [3.8, 4) is 0 Å². The third-order valence-electron chi connectivity index (χ3n) is 3.55. The van der Waals surface area contributed by atoms with Gasteiger partial charge >= 0.3 is 0 Å². The second-order valence-electron chi connectivity index (χ2n) is 4.74. The predicted octanol–water partition coefficient (Wildman–Crippen LogP) is 1.99. The van der Waals surface area contributed by atoms with Gasteiger partial charge < -0.3 is 4.90 Å². The molecule has 1 aromatic rings. The van der Waals surface area contributed by atoms with Crippen LogP contribution in [0.3, 0.4) is 0 Å². The van der Waals surface area contributed by atoms with Crippen LogP contribution < -0.4 is 0 Å². The zero-order valence-corrected chi connectivity index (χ0v) is 10.9. The lowest BCUT2D eigenvalue weighted by Crippen LogP contribution is -2.53. The summed E-state index contributed by atoms with van der Waals surface area (Å²) >= 11 is 0. The Morgan fingerprint density at radius 2 is 2.00 bits per heavy atom. The molecule has 3 nitrogen and oxygen atoms in total. The lowest BCUT2D eigenvalue weighted by atomic mass is 10.1.